The first kappa shape index (κ1) is 14.9. The normalized spacial score (nSPS) is 10.2. The number of carbonyl (C=O) groups excluding carboxylic acids is 1. The topological polar surface area (TPSA) is 98.3 Å². The van der Waals surface area contributed by atoms with E-state index in [1.165, 1.54) is 24.3 Å². The Kier molecular flexibility index (Phi) is 4.18. The van der Waals surface area contributed by atoms with Crippen LogP contribution in [0.3, 0.4) is 0 Å². The molecule has 0 aliphatic rings. The fourth-order valence-corrected chi connectivity index (χ4v) is 2.12. The number of hydrogen-bond acceptors (Lipinski definition) is 4. The summed E-state index contributed by atoms with van der Waals surface area (Å²) < 4.78 is 13.9. The lowest BCUT2D eigenvalue weighted by atomic mass is 10.2. The van der Waals surface area contributed by atoms with Gasteiger partial charge in [-0.05, 0) is 24.3 Å². The van der Waals surface area contributed by atoms with E-state index in [2.05, 4.69) is 21.2 Å². The van der Waals surface area contributed by atoms with Crippen LogP contribution in [0.25, 0.3) is 0 Å². The molecule has 21 heavy (non-hydrogen) atoms. The Morgan fingerprint density at radius 2 is 2.00 bits per heavy atom. The van der Waals surface area contributed by atoms with Crippen molar-refractivity contribution in [2.75, 3.05) is 11.1 Å². The van der Waals surface area contributed by atoms with Crippen molar-refractivity contribution in [2.24, 2.45) is 0 Å². The Morgan fingerprint density at radius 1 is 1.29 bits per heavy atom. The van der Waals surface area contributed by atoms with Gasteiger partial charge in [-0.2, -0.15) is 0 Å². The van der Waals surface area contributed by atoms with Crippen LogP contribution in [0.4, 0.5) is 21.5 Å². The summed E-state index contributed by atoms with van der Waals surface area (Å²) in [4.78, 5) is 22.2. The van der Waals surface area contributed by atoms with Gasteiger partial charge in [-0.25, -0.2) is 4.39 Å². The fourth-order valence-electron chi connectivity index (χ4n) is 1.64. The molecule has 2 rings (SSSR count). The smallest absolute Gasteiger partial charge is 0.271 e. The number of halogens is 2. The van der Waals surface area contributed by atoms with Crippen LogP contribution < -0.4 is 11.1 Å². The van der Waals surface area contributed by atoms with E-state index in [0.29, 0.717) is 4.47 Å². The van der Waals surface area contributed by atoms with Crippen molar-refractivity contribution < 1.29 is 14.1 Å². The second-order valence-electron chi connectivity index (χ2n) is 4.15. The molecule has 0 bridgehead atoms. The van der Waals surface area contributed by atoms with Gasteiger partial charge in [-0.15, -0.1) is 0 Å². The van der Waals surface area contributed by atoms with E-state index in [1.54, 1.807) is 0 Å². The lowest BCUT2D eigenvalue weighted by Crippen LogP contribution is -2.13. The maximum Gasteiger partial charge on any atom is 0.271 e. The first-order valence-electron chi connectivity index (χ1n) is 5.68. The molecule has 0 aliphatic carbocycles. The number of non-ortho nitro benzene ring substituents is 1. The Hall–Kier alpha value is -2.48. The number of amides is 1. The lowest BCUT2D eigenvalue weighted by Gasteiger charge is -2.07. The third-order valence-electron chi connectivity index (χ3n) is 2.59. The number of anilines is 2. The van der Waals surface area contributed by atoms with Crippen LogP contribution in [0.2, 0.25) is 0 Å². The standard InChI is InChI=1S/C13H9BrFN3O3/c14-8-3-7(4-10(5-8)18(20)21)13(19)17-12-6-9(16)1-2-11(12)15/h1-6H,16H2,(H,17,19). The highest BCUT2D eigenvalue weighted by atomic mass is 79.9. The molecule has 0 fully saturated rings. The number of rotatable bonds is 3. The number of nitrogen functional groups attached to an aromatic ring is 1. The maximum absolute atomic E-state index is 13.5. The first-order chi connectivity index (χ1) is 9.86. The van der Waals surface area contributed by atoms with Crippen LogP contribution in [-0.2, 0) is 0 Å². The van der Waals surface area contributed by atoms with Gasteiger partial charge in [0.1, 0.15) is 5.82 Å². The Morgan fingerprint density at radius 3 is 2.67 bits per heavy atom. The molecule has 2 aromatic carbocycles. The van der Waals surface area contributed by atoms with Crippen LogP contribution in [0, 0.1) is 15.9 Å². The number of nitrogens with two attached hydrogens (primary N) is 1. The minimum absolute atomic E-state index is 0.0258. The number of nitrogens with zero attached hydrogens (tertiary/aromatic N) is 1. The van der Waals surface area contributed by atoms with Gasteiger partial charge in [0.25, 0.3) is 11.6 Å². The average molecular weight is 354 g/mol. The zero-order valence-electron chi connectivity index (χ0n) is 10.5. The monoisotopic (exact) mass is 353 g/mol. The number of benzene rings is 2. The van der Waals surface area contributed by atoms with Gasteiger partial charge < -0.3 is 11.1 Å². The van der Waals surface area contributed by atoms with Gasteiger partial charge in [0.05, 0.1) is 10.6 Å². The molecule has 6 nitrogen and oxygen atoms in total. The van der Waals surface area contributed by atoms with Crippen LogP contribution in [-0.4, -0.2) is 10.8 Å². The molecule has 108 valence electrons. The molecule has 0 aromatic heterocycles. The molecule has 0 unspecified atom stereocenters. The van der Waals surface area contributed by atoms with Gasteiger partial charge in [0.15, 0.2) is 0 Å². The fraction of sp³-hybridized carbons (Fsp3) is 0. The largest absolute Gasteiger partial charge is 0.399 e. The molecular weight excluding hydrogens is 345 g/mol. The van der Waals surface area contributed by atoms with Crippen molar-refractivity contribution in [3.8, 4) is 0 Å². The Balaban J connectivity index is 2.32. The third-order valence-corrected chi connectivity index (χ3v) is 3.05. The van der Waals surface area contributed by atoms with Gasteiger partial charge in [0, 0.05) is 27.9 Å². The van der Waals surface area contributed by atoms with Crippen molar-refractivity contribution in [3.05, 3.63) is 62.4 Å². The molecule has 0 atom stereocenters. The minimum Gasteiger partial charge on any atom is -0.399 e. The highest BCUT2D eigenvalue weighted by Gasteiger charge is 2.15. The van der Waals surface area contributed by atoms with Crippen LogP contribution in [0.5, 0.6) is 0 Å². The molecule has 1 amide bonds. The quantitative estimate of drug-likeness (QED) is 0.502. The van der Waals surface area contributed by atoms with Crippen LogP contribution in [0.1, 0.15) is 10.4 Å². The van der Waals surface area contributed by atoms with Crippen molar-refractivity contribution >= 4 is 38.9 Å². The molecule has 3 N–H and O–H groups in total. The van der Waals surface area contributed by atoms with E-state index in [1.807, 2.05) is 0 Å². The third kappa shape index (κ3) is 3.54. The van der Waals surface area contributed by atoms with Gasteiger partial charge >= 0.3 is 0 Å². The predicted octanol–water partition coefficient (Wildman–Crippen LogP) is 3.33. The summed E-state index contributed by atoms with van der Waals surface area (Å²) in [5.74, 6) is -1.33. The summed E-state index contributed by atoms with van der Waals surface area (Å²) in [6, 6.07) is 7.50. The number of nitro groups is 1. The first-order valence-corrected chi connectivity index (χ1v) is 6.47. The molecular formula is C13H9BrFN3O3. The second kappa shape index (κ2) is 5.88. The number of hydrogen-bond donors (Lipinski definition) is 2. The van der Waals surface area contributed by atoms with Crippen molar-refractivity contribution in [3.63, 3.8) is 0 Å². The summed E-state index contributed by atoms with van der Waals surface area (Å²) in [5, 5.41) is 13.1. The SMILES string of the molecule is Nc1ccc(F)c(NC(=O)c2cc(Br)cc([N+](=O)[O-])c2)c1. The highest BCUT2D eigenvalue weighted by Crippen LogP contribution is 2.23. The predicted molar refractivity (Wildman–Crippen MR) is 79.6 cm³/mol. The summed E-state index contributed by atoms with van der Waals surface area (Å²) in [6.07, 6.45) is 0. The maximum atomic E-state index is 13.5. The molecule has 0 saturated heterocycles. The molecule has 2 aromatic rings. The summed E-state index contributed by atoms with van der Waals surface area (Å²) in [5.41, 5.74) is 5.48. The van der Waals surface area contributed by atoms with E-state index in [0.717, 1.165) is 12.1 Å². The Labute approximate surface area is 127 Å². The molecule has 0 heterocycles. The molecule has 0 aliphatic heterocycles. The van der Waals surface area contributed by atoms with Crippen LogP contribution >= 0.6 is 15.9 Å². The van der Waals surface area contributed by atoms with Crippen molar-refractivity contribution in [2.45, 2.75) is 0 Å². The van der Waals surface area contributed by atoms with Crippen molar-refractivity contribution in [1.82, 2.24) is 0 Å². The molecule has 0 spiro atoms. The van der Waals surface area contributed by atoms with Gasteiger partial charge in [-0.3, -0.25) is 14.9 Å². The van der Waals surface area contributed by atoms with E-state index in [4.69, 9.17) is 5.73 Å². The van der Waals surface area contributed by atoms with E-state index in [-0.39, 0.29) is 22.6 Å². The Bertz CT molecular complexity index is 737. The zero-order chi connectivity index (χ0) is 15.6. The van der Waals surface area contributed by atoms with E-state index < -0.39 is 16.6 Å². The lowest BCUT2D eigenvalue weighted by molar-refractivity contribution is -0.384. The van der Waals surface area contributed by atoms with Crippen LogP contribution in [0.15, 0.2) is 40.9 Å². The molecule has 0 radical (unpaired) electrons. The summed E-state index contributed by atoms with van der Waals surface area (Å²) in [7, 11) is 0. The minimum atomic E-state index is -0.677. The number of nitro benzene ring substituents is 1. The van der Waals surface area contributed by atoms with Gasteiger partial charge in [-0.1, -0.05) is 15.9 Å². The summed E-state index contributed by atoms with van der Waals surface area (Å²) >= 11 is 3.08. The van der Waals surface area contributed by atoms with Gasteiger partial charge in [0.2, 0.25) is 0 Å². The highest BCUT2D eigenvalue weighted by molar-refractivity contribution is 9.10. The number of nitrogens with one attached hydrogen (secondary N) is 1. The zero-order valence-corrected chi connectivity index (χ0v) is 12.1. The molecule has 8 heteroatoms. The number of carbonyl (C=O) groups is 1. The van der Waals surface area contributed by atoms with E-state index in [9.17, 15) is 19.3 Å². The second-order valence-corrected chi connectivity index (χ2v) is 5.06. The average Bonchev–Trinajstić information content (AvgIpc) is 2.42. The van der Waals surface area contributed by atoms with Crippen molar-refractivity contribution in [1.29, 1.82) is 0 Å². The van der Waals surface area contributed by atoms with E-state index >= 15 is 0 Å². The molecule has 0 saturated carbocycles. The summed E-state index contributed by atoms with van der Waals surface area (Å²) in [6.45, 7) is 0.